The SMILES string of the molecule is CCS(=O)(=O)CCN1C(=O)C(C)NC1c1ccsc1. The average Bonchev–Trinajstić information content (AvgIpc) is 2.98. The molecule has 1 aliphatic rings. The molecule has 7 heteroatoms. The number of thiophene rings is 1. The smallest absolute Gasteiger partial charge is 0.241 e. The minimum atomic E-state index is -3.06. The molecule has 106 valence electrons. The summed E-state index contributed by atoms with van der Waals surface area (Å²) >= 11 is 1.56. The Kier molecular flexibility index (Phi) is 4.27. The molecule has 2 rings (SSSR count). The van der Waals surface area contributed by atoms with Crippen LogP contribution in [0.2, 0.25) is 0 Å². The monoisotopic (exact) mass is 302 g/mol. The van der Waals surface area contributed by atoms with Gasteiger partial charge in [0.1, 0.15) is 6.17 Å². The van der Waals surface area contributed by atoms with Gasteiger partial charge in [-0.3, -0.25) is 10.1 Å². The Hall–Kier alpha value is -0.920. The first-order valence-corrected chi connectivity index (χ1v) is 9.00. The van der Waals surface area contributed by atoms with Crippen molar-refractivity contribution >= 4 is 27.1 Å². The number of carbonyl (C=O) groups excluding carboxylic acids is 1. The van der Waals surface area contributed by atoms with E-state index >= 15 is 0 Å². The van der Waals surface area contributed by atoms with Crippen LogP contribution in [0.4, 0.5) is 0 Å². The zero-order chi connectivity index (χ0) is 14.0. The van der Waals surface area contributed by atoms with E-state index in [2.05, 4.69) is 5.32 Å². The van der Waals surface area contributed by atoms with Crippen molar-refractivity contribution < 1.29 is 13.2 Å². The van der Waals surface area contributed by atoms with Crippen molar-refractivity contribution in [1.82, 2.24) is 10.2 Å². The van der Waals surface area contributed by atoms with Crippen LogP contribution >= 0.6 is 11.3 Å². The minimum Gasteiger partial charge on any atom is -0.321 e. The molecule has 1 amide bonds. The largest absolute Gasteiger partial charge is 0.321 e. The van der Waals surface area contributed by atoms with Crippen LogP contribution in [0.15, 0.2) is 16.8 Å². The summed E-state index contributed by atoms with van der Waals surface area (Å²) in [6.07, 6.45) is -0.208. The molecule has 0 spiro atoms. The molecule has 5 nitrogen and oxygen atoms in total. The Bertz CT molecular complexity index is 539. The van der Waals surface area contributed by atoms with Crippen LogP contribution in [-0.2, 0) is 14.6 Å². The Morgan fingerprint density at radius 3 is 2.79 bits per heavy atom. The minimum absolute atomic E-state index is 0.0181. The van der Waals surface area contributed by atoms with Crippen LogP contribution in [0.5, 0.6) is 0 Å². The maximum atomic E-state index is 12.1. The molecule has 0 radical (unpaired) electrons. The van der Waals surface area contributed by atoms with E-state index in [0.29, 0.717) is 0 Å². The Morgan fingerprint density at radius 1 is 1.47 bits per heavy atom. The summed E-state index contributed by atoms with van der Waals surface area (Å²) in [4.78, 5) is 13.7. The lowest BCUT2D eigenvalue weighted by Gasteiger charge is -2.23. The number of sulfone groups is 1. The van der Waals surface area contributed by atoms with E-state index in [1.807, 2.05) is 16.8 Å². The van der Waals surface area contributed by atoms with E-state index in [9.17, 15) is 13.2 Å². The maximum Gasteiger partial charge on any atom is 0.241 e. The maximum absolute atomic E-state index is 12.1. The fourth-order valence-electron chi connectivity index (χ4n) is 2.10. The number of rotatable bonds is 5. The number of hydrogen-bond acceptors (Lipinski definition) is 5. The van der Waals surface area contributed by atoms with Crippen molar-refractivity contribution in [3.63, 3.8) is 0 Å². The number of nitrogens with one attached hydrogen (secondary N) is 1. The topological polar surface area (TPSA) is 66.5 Å². The van der Waals surface area contributed by atoms with Gasteiger partial charge in [-0.2, -0.15) is 11.3 Å². The van der Waals surface area contributed by atoms with Gasteiger partial charge in [-0.15, -0.1) is 0 Å². The zero-order valence-corrected chi connectivity index (χ0v) is 12.6. The Labute approximate surface area is 117 Å². The quantitative estimate of drug-likeness (QED) is 0.881. The lowest BCUT2D eigenvalue weighted by Crippen LogP contribution is -2.35. The van der Waals surface area contributed by atoms with Gasteiger partial charge in [0.25, 0.3) is 0 Å². The summed E-state index contributed by atoms with van der Waals surface area (Å²) < 4.78 is 23.2. The summed E-state index contributed by atoms with van der Waals surface area (Å²) in [5, 5.41) is 7.12. The Balaban J connectivity index is 2.13. The van der Waals surface area contributed by atoms with E-state index in [0.717, 1.165) is 5.56 Å². The van der Waals surface area contributed by atoms with E-state index < -0.39 is 9.84 Å². The fraction of sp³-hybridized carbons (Fsp3) is 0.583. The van der Waals surface area contributed by atoms with Crippen molar-refractivity contribution in [2.24, 2.45) is 0 Å². The van der Waals surface area contributed by atoms with Crippen molar-refractivity contribution in [2.45, 2.75) is 26.1 Å². The predicted molar refractivity (Wildman–Crippen MR) is 75.7 cm³/mol. The molecule has 2 heterocycles. The van der Waals surface area contributed by atoms with E-state index in [-0.39, 0.29) is 36.2 Å². The Morgan fingerprint density at radius 2 is 2.21 bits per heavy atom. The van der Waals surface area contributed by atoms with Crippen LogP contribution in [-0.4, -0.2) is 43.3 Å². The second-order valence-electron chi connectivity index (χ2n) is 4.62. The van der Waals surface area contributed by atoms with Gasteiger partial charge in [0.2, 0.25) is 5.91 Å². The van der Waals surface area contributed by atoms with Crippen LogP contribution in [0, 0.1) is 0 Å². The average molecular weight is 302 g/mol. The molecule has 1 saturated heterocycles. The van der Waals surface area contributed by atoms with Gasteiger partial charge in [-0.1, -0.05) is 6.92 Å². The van der Waals surface area contributed by atoms with Gasteiger partial charge in [0.15, 0.2) is 9.84 Å². The van der Waals surface area contributed by atoms with Crippen molar-refractivity contribution in [3.8, 4) is 0 Å². The van der Waals surface area contributed by atoms with Crippen LogP contribution in [0.3, 0.4) is 0 Å². The second-order valence-corrected chi connectivity index (χ2v) is 7.87. The molecule has 1 aliphatic heterocycles. The van der Waals surface area contributed by atoms with Crippen LogP contribution < -0.4 is 5.32 Å². The van der Waals surface area contributed by atoms with Gasteiger partial charge < -0.3 is 4.90 Å². The fourth-order valence-corrected chi connectivity index (χ4v) is 3.54. The van der Waals surface area contributed by atoms with Crippen molar-refractivity contribution in [2.75, 3.05) is 18.1 Å². The molecule has 0 bridgehead atoms. The van der Waals surface area contributed by atoms with Crippen LogP contribution in [0.25, 0.3) is 0 Å². The van der Waals surface area contributed by atoms with Gasteiger partial charge in [-0.05, 0) is 29.3 Å². The van der Waals surface area contributed by atoms with Gasteiger partial charge in [0.05, 0.1) is 11.8 Å². The molecular formula is C12H18N2O3S2. The van der Waals surface area contributed by atoms with Crippen molar-refractivity contribution in [3.05, 3.63) is 22.4 Å². The summed E-state index contributed by atoms with van der Waals surface area (Å²) in [6, 6.07) is 1.68. The first kappa shape index (κ1) is 14.5. The molecular weight excluding hydrogens is 284 g/mol. The molecule has 0 aliphatic carbocycles. The van der Waals surface area contributed by atoms with Crippen LogP contribution in [0.1, 0.15) is 25.6 Å². The molecule has 2 atom stereocenters. The van der Waals surface area contributed by atoms with Crippen molar-refractivity contribution in [1.29, 1.82) is 0 Å². The van der Waals surface area contributed by atoms with E-state index in [1.54, 1.807) is 30.1 Å². The molecule has 1 fully saturated rings. The highest BCUT2D eigenvalue weighted by molar-refractivity contribution is 7.91. The predicted octanol–water partition coefficient (Wildman–Crippen LogP) is 1.00. The molecule has 1 aromatic rings. The third-order valence-corrected chi connectivity index (χ3v) is 5.70. The number of amides is 1. The lowest BCUT2D eigenvalue weighted by atomic mass is 10.2. The first-order valence-electron chi connectivity index (χ1n) is 6.23. The normalized spacial score (nSPS) is 24.1. The standard InChI is InChI=1S/C12H18N2O3S2/c1-3-19(16,17)7-5-14-11(10-4-6-18-8-10)13-9(2)12(14)15/h4,6,8-9,11,13H,3,5,7H2,1-2H3. The lowest BCUT2D eigenvalue weighted by molar-refractivity contribution is -0.129. The summed E-state index contributed by atoms with van der Waals surface area (Å²) in [7, 11) is -3.06. The number of carbonyl (C=O) groups is 1. The highest BCUT2D eigenvalue weighted by atomic mass is 32.2. The first-order chi connectivity index (χ1) is 8.94. The molecule has 2 unspecified atom stereocenters. The summed E-state index contributed by atoms with van der Waals surface area (Å²) in [6.45, 7) is 3.67. The zero-order valence-electron chi connectivity index (χ0n) is 11.0. The van der Waals surface area contributed by atoms with E-state index in [4.69, 9.17) is 0 Å². The third kappa shape index (κ3) is 3.16. The van der Waals surface area contributed by atoms with E-state index in [1.165, 1.54) is 0 Å². The van der Waals surface area contributed by atoms with Gasteiger partial charge in [-0.25, -0.2) is 8.42 Å². The highest BCUT2D eigenvalue weighted by Crippen LogP contribution is 2.26. The van der Waals surface area contributed by atoms with Gasteiger partial charge in [0, 0.05) is 12.3 Å². The van der Waals surface area contributed by atoms with Gasteiger partial charge >= 0.3 is 0 Å². The molecule has 1 aromatic heterocycles. The summed E-state index contributed by atoms with van der Waals surface area (Å²) in [5.74, 6) is 0.0910. The molecule has 1 N–H and O–H groups in total. The number of nitrogens with zero attached hydrogens (tertiary/aromatic N) is 1. The second kappa shape index (κ2) is 5.60. The highest BCUT2D eigenvalue weighted by Gasteiger charge is 2.37. The molecule has 19 heavy (non-hydrogen) atoms. The number of hydrogen-bond donors (Lipinski definition) is 1. The molecule has 0 aromatic carbocycles. The summed E-state index contributed by atoms with van der Waals surface area (Å²) in [5.41, 5.74) is 1.01. The molecule has 0 saturated carbocycles. The third-order valence-electron chi connectivity index (χ3n) is 3.31.